The second-order valence-corrected chi connectivity index (χ2v) is 5.40. The lowest BCUT2D eigenvalue weighted by molar-refractivity contribution is -0.384. The number of hydrogen-bond acceptors (Lipinski definition) is 6. The van der Waals surface area contributed by atoms with Gasteiger partial charge in [-0.3, -0.25) is 19.6 Å². The van der Waals surface area contributed by atoms with Gasteiger partial charge in [-0.25, -0.2) is 4.98 Å². The number of aryl methyl sites for hydroxylation is 2. The van der Waals surface area contributed by atoms with Crippen molar-refractivity contribution in [2.75, 3.05) is 12.4 Å². The van der Waals surface area contributed by atoms with E-state index < -0.39 is 10.8 Å². The van der Waals surface area contributed by atoms with Gasteiger partial charge in [-0.15, -0.1) is 0 Å². The number of hydrogen-bond donors (Lipinski definition) is 1. The molecule has 0 aliphatic heterocycles. The molecule has 0 atom stereocenters. The molecule has 0 saturated heterocycles. The molecule has 0 bridgehead atoms. The fraction of sp³-hybridized carbons (Fsp3) is 0.188. The lowest BCUT2D eigenvalue weighted by Gasteiger charge is -2.09. The van der Waals surface area contributed by atoms with Crippen LogP contribution in [0.3, 0.4) is 0 Å². The molecule has 3 rings (SSSR count). The van der Waals surface area contributed by atoms with Crippen molar-refractivity contribution in [3.63, 3.8) is 0 Å². The Morgan fingerprint density at radius 2 is 2.12 bits per heavy atom. The molecule has 0 aliphatic carbocycles. The van der Waals surface area contributed by atoms with Crippen molar-refractivity contribution in [3.8, 4) is 5.75 Å². The van der Waals surface area contributed by atoms with Crippen molar-refractivity contribution in [3.05, 3.63) is 51.8 Å². The topological polar surface area (TPSA) is 112 Å². The summed E-state index contributed by atoms with van der Waals surface area (Å²) in [7, 11) is 3.18. The van der Waals surface area contributed by atoms with E-state index in [1.807, 2.05) is 6.92 Å². The van der Waals surface area contributed by atoms with Crippen LogP contribution in [0.25, 0.3) is 11.0 Å². The van der Waals surface area contributed by atoms with Crippen molar-refractivity contribution < 1.29 is 14.5 Å². The number of methoxy groups -OCH3 is 1. The van der Waals surface area contributed by atoms with Gasteiger partial charge in [0.1, 0.15) is 5.75 Å². The number of benzene rings is 1. The van der Waals surface area contributed by atoms with Crippen LogP contribution in [0, 0.1) is 17.0 Å². The molecule has 3 aromatic rings. The predicted octanol–water partition coefficient (Wildman–Crippen LogP) is 2.45. The SMILES string of the molecule is COc1ccc([N+](=O)[O-])cc1C(=O)Nc1cnc2c(c1)c(C)nn2C. The molecule has 9 heteroatoms. The summed E-state index contributed by atoms with van der Waals surface area (Å²) >= 11 is 0. The number of anilines is 1. The van der Waals surface area contributed by atoms with Crippen LogP contribution in [0.2, 0.25) is 0 Å². The highest BCUT2D eigenvalue weighted by Gasteiger charge is 2.18. The Kier molecular flexibility index (Phi) is 4.05. The summed E-state index contributed by atoms with van der Waals surface area (Å²) in [4.78, 5) is 27.2. The molecule has 0 fully saturated rings. The summed E-state index contributed by atoms with van der Waals surface area (Å²) in [6.45, 7) is 1.85. The summed E-state index contributed by atoms with van der Waals surface area (Å²) in [5.74, 6) is -0.280. The van der Waals surface area contributed by atoms with Crippen LogP contribution >= 0.6 is 0 Å². The Labute approximate surface area is 142 Å². The first-order chi connectivity index (χ1) is 11.9. The zero-order valence-electron chi connectivity index (χ0n) is 13.8. The average molecular weight is 341 g/mol. The number of amides is 1. The number of pyridine rings is 1. The minimum absolute atomic E-state index is 0.0692. The lowest BCUT2D eigenvalue weighted by Crippen LogP contribution is -2.13. The number of fused-ring (bicyclic) bond motifs is 1. The van der Waals surface area contributed by atoms with Gasteiger partial charge in [-0.05, 0) is 19.1 Å². The van der Waals surface area contributed by atoms with E-state index in [0.29, 0.717) is 11.3 Å². The van der Waals surface area contributed by atoms with E-state index in [9.17, 15) is 14.9 Å². The van der Waals surface area contributed by atoms with Gasteiger partial charge in [-0.2, -0.15) is 5.10 Å². The van der Waals surface area contributed by atoms with Crippen LogP contribution in [0.15, 0.2) is 30.5 Å². The van der Waals surface area contributed by atoms with E-state index in [1.165, 1.54) is 31.5 Å². The number of rotatable bonds is 4. The molecular formula is C16H15N5O4. The predicted molar refractivity (Wildman–Crippen MR) is 90.8 cm³/mol. The molecule has 2 aromatic heterocycles. The fourth-order valence-corrected chi connectivity index (χ4v) is 2.56. The van der Waals surface area contributed by atoms with Crippen molar-refractivity contribution in [2.24, 2.45) is 7.05 Å². The molecule has 0 aliphatic rings. The maximum atomic E-state index is 12.5. The molecular weight excluding hydrogens is 326 g/mol. The number of nitrogens with zero attached hydrogens (tertiary/aromatic N) is 4. The summed E-state index contributed by atoms with van der Waals surface area (Å²) in [5.41, 5.74) is 1.82. The Morgan fingerprint density at radius 1 is 1.36 bits per heavy atom. The van der Waals surface area contributed by atoms with Gasteiger partial charge in [0.05, 0.1) is 35.2 Å². The van der Waals surface area contributed by atoms with Crippen molar-refractivity contribution in [1.82, 2.24) is 14.8 Å². The molecule has 1 N–H and O–H groups in total. The zero-order chi connectivity index (χ0) is 18.1. The number of carbonyl (C=O) groups is 1. The third-order valence-electron chi connectivity index (χ3n) is 3.76. The smallest absolute Gasteiger partial charge is 0.270 e. The molecule has 0 spiro atoms. The molecule has 128 valence electrons. The number of nitro benzene ring substituents is 1. The van der Waals surface area contributed by atoms with Gasteiger partial charge in [0, 0.05) is 24.6 Å². The molecule has 0 saturated carbocycles. The van der Waals surface area contributed by atoms with Crippen molar-refractivity contribution in [1.29, 1.82) is 0 Å². The number of nitrogens with one attached hydrogen (secondary N) is 1. The minimum Gasteiger partial charge on any atom is -0.496 e. The quantitative estimate of drug-likeness (QED) is 0.576. The first-order valence-electron chi connectivity index (χ1n) is 7.34. The van der Waals surface area contributed by atoms with Crippen LogP contribution in [-0.2, 0) is 7.05 Å². The summed E-state index contributed by atoms with van der Waals surface area (Å²) < 4.78 is 6.77. The number of ether oxygens (including phenoxy) is 1. The second-order valence-electron chi connectivity index (χ2n) is 5.40. The van der Waals surface area contributed by atoms with Gasteiger partial charge in [0.15, 0.2) is 5.65 Å². The average Bonchev–Trinajstić information content (AvgIpc) is 2.88. The summed E-state index contributed by atoms with van der Waals surface area (Å²) in [6, 6.07) is 5.60. The van der Waals surface area contributed by atoms with Gasteiger partial charge in [-0.1, -0.05) is 0 Å². The van der Waals surface area contributed by atoms with E-state index in [1.54, 1.807) is 17.8 Å². The van der Waals surface area contributed by atoms with E-state index >= 15 is 0 Å². The minimum atomic E-state index is -0.567. The summed E-state index contributed by atoms with van der Waals surface area (Å²) in [6.07, 6.45) is 1.51. The Bertz CT molecular complexity index is 996. The zero-order valence-corrected chi connectivity index (χ0v) is 13.8. The van der Waals surface area contributed by atoms with E-state index in [2.05, 4.69) is 15.4 Å². The van der Waals surface area contributed by atoms with Crippen molar-refractivity contribution >= 4 is 28.3 Å². The molecule has 1 aromatic carbocycles. The Hall–Kier alpha value is -3.49. The highest BCUT2D eigenvalue weighted by Crippen LogP contribution is 2.26. The number of aromatic nitrogens is 3. The van der Waals surface area contributed by atoms with E-state index in [4.69, 9.17) is 4.74 Å². The molecule has 0 unspecified atom stereocenters. The molecule has 0 radical (unpaired) electrons. The lowest BCUT2D eigenvalue weighted by atomic mass is 10.1. The van der Waals surface area contributed by atoms with Gasteiger partial charge in [0.25, 0.3) is 11.6 Å². The summed E-state index contributed by atoms with van der Waals surface area (Å²) in [5, 5.41) is 18.7. The van der Waals surface area contributed by atoms with Crippen LogP contribution in [-0.4, -0.2) is 32.7 Å². The number of nitro groups is 1. The third kappa shape index (κ3) is 2.99. The Morgan fingerprint density at radius 3 is 2.80 bits per heavy atom. The largest absolute Gasteiger partial charge is 0.496 e. The third-order valence-corrected chi connectivity index (χ3v) is 3.76. The maximum absolute atomic E-state index is 12.5. The first-order valence-corrected chi connectivity index (χ1v) is 7.34. The number of non-ortho nitro benzene ring substituents is 1. The van der Waals surface area contributed by atoms with Gasteiger partial charge in [0.2, 0.25) is 0 Å². The first kappa shape index (κ1) is 16.4. The van der Waals surface area contributed by atoms with Crippen molar-refractivity contribution in [2.45, 2.75) is 6.92 Å². The van der Waals surface area contributed by atoms with Gasteiger partial charge < -0.3 is 10.1 Å². The van der Waals surface area contributed by atoms with Crippen LogP contribution in [0.5, 0.6) is 5.75 Å². The molecule has 25 heavy (non-hydrogen) atoms. The normalized spacial score (nSPS) is 10.7. The van der Waals surface area contributed by atoms with Gasteiger partial charge >= 0.3 is 0 Å². The highest BCUT2D eigenvalue weighted by atomic mass is 16.6. The second kappa shape index (κ2) is 6.19. The van der Waals surface area contributed by atoms with Crippen LogP contribution in [0.4, 0.5) is 11.4 Å². The maximum Gasteiger partial charge on any atom is 0.270 e. The highest BCUT2D eigenvalue weighted by molar-refractivity contribution is 6.07. The molecule has 1 amide bonds. The molecule has 2 heterocycles. The fourth-order valence-electron chi connectivity index (χ4n) is 2.56. The van der Waals surface area contributed by atoms with E-state index in [-0.39, 0.29) is 17.0 Å². The molecule has 9 nitrogen and oxygen atoms in total. The Balaban J connectivity index is 1.95. The monoisotopic (exact) mass is 341 g/mol. The standard InChI is InChI=1S/C16H15N5O4/c1-9-12-6-10(8-17-15(12)20(2)19-9)18-16(22)13-7-11(21(23)24)4-5-14(13)25-3/h4-8H,1-3H3,(H,18,22). The number of carbonyl (C=O) groups excluding carboxylic acids is 1. The van der Waals surface area contributed by atoms with Crippen LogP contribution < -0.4 is 10.1 Å². The van der Waals surface area contributed by atoms with Crippen LogP contribution in [0.1, 0.15) is 16.1 Å². The van der Waals surface area contributed by atoms with E-state index in [0.717, 1.165) is 11.1 Å².